The number of hydrogen-bond acceptors (Lipinski definition) is 4. The zero-order valence-electron chi connectivity index (χ0n) is 9.10. The maximum Gasteiger partial charge on any atom is 0.251 e. The minimum absolute atomic E-state index is 0.0357. The smallest absolute Gasteiger partial charge is 0.251 e. The van der Waals surface area contributed by atoms with Gasteiger partial charge in [-0.15, -0.1) is 0 Å². The highest BCUT2D eigenvalue weighted by Crippen LogP contribution is 2.24. The number of phenols is 2. The van der Waals surface area contributed by atoms with Crippen LogP contribution in [0, 0.1) is 0 Å². The Morgan fingerprint density at radius 2 is 2.12 bits per heavy atom. The Labute approximate surface area is 93.9 Å². The fourth-order valence-corrected chi connectivity index (χ4v) is 1.18. The first-order chi connectivity index (χ1) is 7.50. The Bertz CT molecular complexity index is 377. The molecule has 1 aromatic rings. The standard InChI is InChI=1S/C11H16N2O3/c1-7(12)4-5-13-11(16)8-2-3-9(14)10(15)6-8/h2-3,6-7,14-15H,4-5,12H2,1H3,(H,13,16). The van der Waals surface area contributed by atoms with Crippen molar-refractivity contribution in [3.05, 3.63) is 23.8 Å². The molecule has 0 bridgehead atoms. The van der Waals surface area contributed by atoms with Gasteiger partial charge in [-0.2, -0.15) is 0 Å². The fraction of sp³-hybridized carbons (Fsp3) is 0.364. The van der Waals surface area contributed by atoms with Gasteiger partial charge in [0.2, 0.25) is 0 Å². The van der Waals surface area contributed by atoms with E-state index in [2.05, 4.69) is 5.32 Å². The average Bonchev–Trinajstić information content (AvgIpc) is 2.21. The molecule has 0 radical (unpaired) electrons. The number of hydrogen-bond donors (Lipinski definition) is 4. The first-order valence-electron chi connectivity index (χ1n) is 5.06. The van der Waals surface area contributed by atoms with Gasteiger partial charge in [-0.25, -0.2) is 0 Å². The van der Waals surface area contributed by atoms with Crippen molar-refractivity contribution in [3.63, 3.8) is 0 Å². The summed E-state index contributed by atoms with van der Waals surface area (Å²) in [6, 6.07) is 3.97. The molecule has 0 saturated carbocycles. The molecule has 1 rings (SSSR count). The van der Waals surface area contributed by atoms with Crippen LogP contribution in [-0.4, -0.2) is 28.7 Å². The van der Waals surface area contributed by atoms with Gasteiger partial charge in [0.05, 0.1) is 0 Å². The van der Waals surface area contributed by atoms with E-state index in [1.165, 1.54) is 18.2 Å². The molecular formula is C11H16N2O3. The van der Waals surface area contributed by atoms with E-state index in [9.17, 15) is 9.90 Å². The summed E-state index contributed by atoms with van der Waals surface area (Å²) in [5, 5.41) is 21.0. The van der Waals surface area contributed by atoms with E-state index in [1.54, 1.807) is 0 Å². The molecule has 0 aromatic heterocycles. The highest BCUT2D eigenvalue weighted by atomic mass is 16.3. The van der Waals surface area contributed by atoms with Gasteiger partial charge in [-0.1, -0.05) is 0 Å². The van der Waals surface area contributed by atoms with Gasteiger partial charge in [0.25, 0.3) is 5.91 Å². The highest BCUT2D eigenvalue weighted by Gasteiger charge is 2.08. The minimum Gasteiger partial charge on any atom is -0.504 e. The van der Waals surface area contributed by atoms with Crippen LogP contribution >= 0.6 is 0 Å². The Balaban J connectivity index is 2.56. The lowest BCUT2D eigenvalue weighted by atomic mass is 10.2. The summed E-state index contributed by atoms with van der Waals surface area (Å²) in [7, 11) is 0. The van der Waals surface area contributed by atoms with Gasteiger partial charge in [-0.05, 0) is 31.5 Å². The molecule has 88 valence electrons. The first kappa shape index (κ1) is 12.3. The monoisotopic (exact) mass is 224 g/mol. The second kappa shape index (κ2) is 5.37. The first-order valence-corrected chi connectivity index (χ1v) is 5.06. The Morgan fingerprint density at radius 3 is 2.69 bits per heavy atom. The number of benzene rings is 1. The number of amides is 1. The molecule has 0 spiro atoms. The zero-order chi connectivity index (χ0) is 12.1. The molecule has 0 aliphatic rings. The molecule has 0 heterocycles. The summed E-state index contributed by atoms with van der Waals surface area (Å²) in [5.41, 5.74) is 5.84. The summed E-state index contributed by atoms with van der Waals surface area (Å²) in [6.07, 6.45) is 0.690. The number of nitrogens with two attached hydrogens (primary N) is 1. The van der Waals surface area contributed by atoms with E-state index in [0.717, 1.165) is 0 Å². The Kier molecular flexibility index (Phi) is 4.13. The normalized spacial score (nSPS) is 12.1. The number of rotatable bonds is 4. The molecule has 0 fully saturated rings. The van der Waals surface area contributed by atoms with Crippen molar-refractivity contribution in [2.24, 2.45) is 5.73 Å². The maximum absolute atomic E-state index is 11.5. The Hall–Kier alpha value is -1.75. The molecule has 5 N–H and O–H groups in total. The lowest BCUT2D eigenvalue weighted by Gasteiger charge is -2.07. The van der Waals surface area contributed by atoms with Crippen molar-refractivity contribution in [3.8, 4) is 11.5 Å². The van der Waals surface area contributed by atoms with Crippen LogP contribution < -0.4 is 11.1 Å². The third kappa shape index (κ3) is 3.43. The van der Waals surface area contributed by atoms with E-state index in [4.69, 9.17) is 10.8 Å². The number of carbonyl (C=O) groups excluding carboxylic acids is 1. The molecule has 1 unspecified atom stereocenters. The van der Waals surface area contributed by atoms with Crippen LogP contribution in [0.2, 0.25) is 0 Å². The molecule has 0 saturated heterocycles. The van der Waals surface area contributed by atoms with Crippen LogP contribution in [0.3, 0.4) is 0 Å². The van der Waals surface area contributed by atoms with Crippen LogP contribution in [0.15, 0.2) is 18.2 Å². The van der Waals surface area contributed by atoms with Crippen LogP contribution in [0.1, 0.15) is 23.7 Å². The molecule has 1 atom stereocenters. The summed E-state index contributed by atoms with van der Waals surface area (Å²) in [5.74, 6) is -0.845. The quantitative estimate of drug-likeness (QED) is 0.562. The maximum atomic E-state index is 11.5. The van der Waals surface area contributed by atoms with Gasteiger partial charge in [0, 0.05) is 18.2 Å². The highest BCUT2D eigenvalue weighted by molar-refractivity contribution is 5.94. The SMILES string of the molecule is CC(N)CCNC(=O)c1ccc(O)c(O)c1. The predicted molar refractivity (Wildman–Crippen MR) is 60.4 cm³/mol. The number of aromatic hydroxyl groups is 2. The zero-order valence-corrected chi connectivity index (χ0v) is 9.10. The topological polar surface area (TPSA) is 95.6 Å². The molecule has 1 aromatic carbocycles. The van der Waals surface area contributed by atoms with E-state index in [-0.39, 0.29) is 23.4 Å². The van der Waals surface area contributed by atoms with Gasteiger partial charge in [0.15, 0.2) is 11.5 Å². The van der Waals surface area contributed by atoms with E-state index in [0.29, 0.717) is 18.5 Å². The van der Waals surface area contributed by atoms with Gasteiger partial charge >= 0.3 is 0 Å². The van der Waals surface area contributed by atoms with Crippen molar-refractivity contribution < 1.29 is 15.0 Å². The van der Waals surface area contributed by atoms with E-state index < -0.39 is 0 Å². The molecule has 0 aliphatic heterocycles. The lowest BCUT2D eigenvalue weighted by Crippen LogP contribution is -2.28. The van der Waals surface area contributed by atoms with Crippen LogP contribution in [0.25, 0.3) is 0 Å². The van der Waals surface area contributed by atoms with E-state index in [1.807, 2.05) is 6.92 Å². The van der Waals surface area contributed by atoms with Crippen LogP contribution in [0.5, 0.6) is 11.5 Å². The van der Waals surface area contributed by atoms with Gasteiger partial charge in [-0.3, -0.25) is 4.79 Å². The lowest BCUT2D eigenvalue weighted by molar-refractivity contribution is 0.0952. The average molecular weight is 224 g/mol. The third-order valence-electron chi connectivity index (χ3n) is 2.12. The van der Waals surface area contributed by atoms with Gasteiger partial charge < -0.3 is 21.3 Å². The summed E-state index contributed by atoms with van der Waals surface area (Å²) < 4.78 is 0. The number of phenolic OH excluding ortho intramolecular Hbond substituents is 2. The van der Waals surface area contributed by atoms with Crippen LogP contribution in [0.4, 0.5) is 0 Å². The molecular weight excluding hydrogens is 208 g/mol. The molecule has 5 nitrogen and oxygen atoms in total. The summed E-state index contributed by atoms with van der Waals surface area (Å²) in [6.45, 7) is 2.34. The summed E-state index contributed by atoms with van der Waals surface area (Å²) >= 11 is 0. The second-order valence-corrected chi connectivity index (χ2v) is 3.73. The summed E-state index contributed by atoms with van der Waals surface area (Å²) in [4.78, 5) is 11.5. The fourth-order valence-electron chi connectivity index (χ4n) is 1.18. The van der Waals surface area contributed by atoms with Crippen molar-refractivity contribution >= 4 is 5.91 Å². The Morgan fingerprint density at radius 1 is 1.44 bits per heavy atom. The molecule has 16 heavy (non-hydrogen) atoms. The third-order valence-corrected chi connectivity index (χ3v) is 2.12. The number of nitrogens with one attached hydrogen (secondary N) is 1. The van der Waals surface area contributed by atoms with Crippen molar-refractivity contribution in [1.82, 2.24) is 5.32 Å². The molecule has 0 aliphatic carbocycles. The van der Waals surface area contributed by atoms with E-state index >= 15 is 0 Å². The van der Waals surface area contributed by atoms with Crippen molar-refractivity contribution in [2.45, 2.75) is 19.4 Å². The largest absolute Gasteiger partial charge is 0.504 e. The van der Waals surface area contributed by atoms with Crippen molar-refractivity contribution in [1.29, 1.82) is 0 Å². The second-order valence-electron chi connectivity index (χ2n) is 3.73. The van der Waals surface area contributed by atoms with Crippen LogP contribution in [-0.2, 0) is 0 Å². The number of carbonyl (C=O) groups is 1. The minimum atomic E-state index is -0.306. The molecule has 1 amide bonds. The molecule has 5 heteroatoms. The van der Waals surface area contributed by atoms with Crippen molar-refractivity contribution in [2.75, 3.05) is 6.54 Å². The predicted octanol–water partition coefficient (Wildman–Crippen LogP) is 0.565. The van der Waals surface area contributed by atoms with Gasteiger partial charge in [0.1, 0.15) is 0 Å².